The van der Waals surface area contributed by atoms with Crippen molar-refractivity contribution < 1.29 is 27.1 Å². The summed E-state index contributed by atoms with van der Waals surface area (Å²) < 4.78 is 54.8. The van der Waals surface area contributed by atoms with Gasteiger partial charge in [-0.2, -0.15) is 12.7 Å². The Morgan fingerprint density at radius 1 is 1.15 bits per heavy atom. The van der Waals surface area contributed by atoms with Crippen LogP contribution in [0.15, 0.2) is 12.1 Å². The zero-order chi connectivity index (χ0) is 23.4. The number of carbonyl (C=O) groups excluding carboxylic acids is 1. The largest absolute Gasteiger partial charge is 0.492 e. The first-order chi connectivity index (χ1) is 15.8. The zero-order valence-electron chi connectivity index (χ0n) is 18.5. The second-order valence-electron chi connectivity index (χ2n) is 9.01. The molecular formula is C22H31ClFN3O5S. The van der Waals surface area contributed by atoms with E-state index < -0.39 is 27.5 Å². The minimum absolute atomic E-state index is 0.00919. The molecule has 0 aromatic heterocycles. The number of carbonyl (C=O) groups is 1. The zero-order valence-corrected chi connectivity index (χ0v) is 20.1. The molecule has 2 saturated heterocycles. The number of piperidine rings is 1. The predicted octanol–water partition coefficient (Wildman–Crippen LogP) is 2.87. The topological polar surface area (TPSA) is 97.0 Å². The van der Waals surface area contributed by atoms with Crippen molar-refractivity contribution in [3.63, 3.8) is 0 Å². The van der Waals surface area contributed by atoms with Gasteiger partial charge in [-0.15, -0.1) is 0 Å². The molecule has 2 aliphatic heterocycles. The Bertz CT molecular complexity index is 944. The molecule has 2 heterocycles. The van der Waals surface area contributed by atoms with Crippen molar-refractivity contribution in [2.45, 2.75) is 57.2 Å². The first-order valence-electron chi connectivity index (χ1n) is 11.6. The van der Waals surface area contributed by atoms with Crippen LogP contribution in [0.5, 0.6) is 5.75 Å². The minimum atomic E-state index is -4.12. The third-order valence-electron chi connectivity index (χ3n) is 6.58. The van der Waals surface area contributed by atoms with Gasteiger partial charge in [-0.25, -0.2) is 9.11 Å². The number of nitrogens with zero attached hydrogens (tertiary/aromatic N) is 1. The first kappa shape index (κ1) is 24.7. The van der Waals surface area contributed by atoms with Crippen molar-refractivity contribution in [2.75, 3.05) is 32.8 Å². The van der Waals surface area contributed by atoms with Crippen LogP contribution in [0.3, 0.4) is 0 Å². The lowest BCUT2D eigenvalue weighted by molar-refractivity contribution is -0.0244. The van der Waals surface area contributed by atoms with Gasteiger partial charge in [0.25, 0.3) is 5.91 Å². The second-order valence-corrected chi connectivity index (χ2v) is 11.1. The molecule has 1 aliphatic carbocycles. The molecular weight excluding hydrogens is 473 g/mol. The third kappa shape index (κ3) is 6.36. The van der Waals surface area contributed by atoms with Crippen LogP contribution in [-0.2, 0) is 14.9 Å². The first-order valence-corrected chi connectivity index (χ1v) is 13.4. The van der Waals surface area contributed by atoms with Crippen molar-refractivity contribution in [2.24, 2.45) is 5.92 Å². The smallest absolute Gasteiger partial charge is 0.304 e. The summed E-state index contributed by atoms with van der Waals surface area (Å²) in [6.07, 6.45) is 6.64. The minimum Gasteiger partial charge on any atom is -0.492 e. The molecule has 8 nitrogen and oxygen atoms in total. The van der Waals surface area contributed by atoms with Gasteiger partial charge in [-0.1, -0.05) is 24.4 Å². The number of amides is 1. The van der Waals surface area contributed by atoms with Crippen molar-refractivity contribution in [3.8, 4) is 5.75 Å². The van der Waals surface area contributed by atoms with Crippen LogP contribution < -0.4 is 14.8 Å². The van der Waals surface area contributed by atoms with Gasteiger partial charge in [0.05, 0.1) is 29.4 Å². The van der Waals surface area contributed by atoms with E-state index >= 15 is 0 Å². The van der Waals surface area contributed by atoms with Crippen LogP contribution in [0.1, 0.15) is 55.3 Å². The molecule has 184 valence electrons. The van der Waals surface area contributed by atoms with E-state index in [1.165, 1.54) is 4.31 Å². The maximum atomic E-state index is 14.6. The molecule has 33 heavy (non-hydrogen) atoms. The molecule has 1 amide bonds. The summed E-state index contributed by atoms with van der Waals surface area (Å²) in [5.74, 6) is -1.38. The lowest BCUT2D eigenvalue weighted by atomic mass is 10.1. The summed E-state index contributed by atoms with van der Waals surface area (Å²) in [6.45, 7) is 2.64. The van der Waals surface area contributed by atoms with Crippen molar-refractivity contribution in [1.82, 2.24) is 14.3 Å². The monoisotopic (exact) mass is 503 g/mol. The Morgan fingerprint density at radius 3 is 2.55 bits per heavy atom. The van der Waals surface area contributed by atoms with E-state index in [2.05, 4.69) is 5.32 Å². The van der Waals surface area contributed by atoms with E-state index in [0.717, 1.165) is 57.3 Å². The van der Waals surface area contributed by atoms with Crippen molar-refractivity contribution in [1.29, 1.82) is 0 Å². The highest BCUT2D eigenvalue weighted by molar-refractivity contribution is 7.87. The van der Waals surface area contributed by atoms with E-state index in [0.29, 0.717) is 25.4 Å². The lowest BCUT2D eigenvalue weighted by Gasteiger charge is -2.32. The molecule has 3 aliphatic rings. The average Bonchev–Trinajstić information content (AvgIpc) is 3.48. The number of benzene rings is 1. The Balaban J connectivity index is 1.32. The van der Waals surface area contributed by atoms with Gasteiger partial charge in [-0.3, -0.25) is 4.79 Å². The molecule has 3 fully saturated rings. The second kappa shape index (κ2) is 10.9. The molecule has 1 aromatic carbocycles. The van der Waals surface area contributed by atoms with Crippen molar-refractivity contribution >= 4 is 27.7 Å². The van der Waals surface area contributed by atoms with Gasteiger partial charge in [0.1, 0.15) is 11.6 Å². The summed E-state index contributed by atoms with van der Waals surface area (Å²) >= 11 is 6.19. The van der Waals surface area contributed by atoms with E-state index in [4.69, 9.17) is 21.1 Å². The number of rotatable bonds is 8. The van der Waals surface area contributed by atoms with Gasteiger partial charge in [0.15, 0.2) is 0 Å². The Morgan fingerprint density at radius 2 is 1.88 bits per heavy atom. The number of hydrogen-bond acceptors (Lipinski definition) is 6. The number of hydrogen-bond donors (Lipinski definition) is 2. The van der Waals surface area contributed by atoms with Crippen LogP contribution in [-0.4, -0.2) is 63.6 Å². The fraction of sp³-hybridized carbons (Fsp3) is 0.682. The molecule has 0 bridgehead atoms. The Labute approximate surface area is 199 Å². The number of halogens is 2. The molecule has 1 saturated carbocycles. The lowest BCUT2D eigenvalue weighted by Crippen LogP contribution is -2.48. The molecule has 0 radical (unpaired) electrons. The normalized spacial score (nSPS) is 23.2. The Kier molecular flexibility index (Phi) is 8.11. The van der Waals surface area contributed by atoms with E-state index in [-0.39, 0.29) is 36.1 Å². The van der Waals surface area contributed by atoms with Crippen molar-refractivity contribution in [3.05, 3.63) is 28.5 Å². The van der Waals surface area contributed by atoms with Gasteiger partial charge in [0, 0.05) is 25.7 Å². The van der Waals surface area contributed by atoms with Crippen LogP contribution >= 0.6 is 11.6 Å². The van der Waals surface area contributed by atoms with Gasteiger partial charge in [0.2, 0.25) is 0 Å². The van der Waals surface area contributed by atoms with Gasteiger partial charge in [-0.05, 0) is 50.6 Å². The van der Waals surface area contributed by atoms with Crippen LogP contribution in [0, 0.1) is 11.7 Å². The fourth-order valence-electron chi connectivity index (χ4n) is 4.66. The highest BCUT2D eigenvalue weighted by Crippen LogP contribution is 2.31. The molecule has 2 N–H and O–H groups in total. The van der Waals surface area contributed by atoms with Crippen LogP contribution in [0.25, 0.3) is 0 Å². The summed E-state index contributed by atoms with van der Waals surface area (Å²) in [7, 11) is -4.12. The van der Waals surface area contributed by atoms with Crippen LogP contribution in [0.2, 0.25) is 5.02 Å². The number of ether oxygens (including phenoxy) is 2. The predicted molar refractivity (Wildman–Crippen MR) is 122 cm³/mol. The summed E-state index contributed by atoms with van der Waals surface area (Å²) in [4.78, 5) is 12.6. The Hall–Kier alpha value is -1.46. The fourth-order valence-corrected chi connectivity index (χ4v) is 6.04. The molecule has 0 unspecified atom stereocenters. The highest BCUT2D eigenvalue weighted by atomic mass is 35.5. The quantitative estimate of drug-likeness (QED) is 0.566. The van der Waals surface area contributed by atoms with E-state index in [1.54, 1.807) is 0 Å². The third-order valence-corrected chi connectivity index (χ3v) is 8.36. The van der Waals surface area contributed by atoms with Gasteiger partial charge < -0.3 is 14.8 Å². The van der Waals surface area contributed by atoms with Crippen LogP contribution in [0.4, 0.5) is 4.39 Å². The summed E-state index contributed by atoms with van der Waals surface area (Å²) in [6, 6.07) is 2.15. The molecule has 4 rings (SSSR count). The molecule has 0 spiro atoms. The molecule has 1 atom stereocenters. The summed E-state index contributed by atoms with van der Waals surface area (Å²) in [5.41, 5.74) is -0.441. The van der Waals surface area contributed by atoms with E-state index in [9.17, 15) is 17.6 Å². The maximum Gasteiger partial charge on any atom is 0.304 e. The average molecular weight is 504 g/mol. The van der Waals surface area contributed by atoms with E-state index in [1.807, 2.05) is 4.72 Å². The number of nitrogens with one attached hydrogen (secondary N) is 2. The molecule has 1 aromatic rings. The summed E-state index contributed by atoms with van der Waals surface area (Å²) in [5, 5.41) is 3.30. The maximum absolute atomic E-state index is 14.6. The molecule has 11 heteroatoms. The van der Waals surface area contributed by atoms with Gasteiger partial charge >= 0.3 is 10.2 Å². The highest BCUT2D eigenvalue weighted by Gasteiger charge is 2.32. The standard InChI is InChI=1S/C22H31ClFN3O5S/c23-19-11-18(20(24)12-21(19)31-14-15-3-1-2-4-15)22(28)26-33(29,30)27-9-6-16(7-10-27)32-17-5-8-25-13-17/h11-12,15-17,25H,1-10,13-14H2,(H,26,28)/t17-/m0/s1. The SMILES string of the molecule is O=C(NS(=O)(=O)N1CCC(O[C@H]2CCNC2)CC1)c1cc(Cl)c(OCC2CCCC2)cc1F.